The topological polar surface area (TPSA) is 29.3 Å². The molecule has 19 heavy (non-hydrogen) atoms. The minimum atomic E-state index is 0.280. The van der Waals surface area contributed by atoms with Gasteiger partial charge in [-0.2, -0.15) is 0 Å². The van der Waals surface area contributed by atoms with E-state index in [1.54, 1.807) is 0 Å². The number of aryl methyl sites for hydroxylation is 1. The Morgan fingerprint density at radius 2 is 1.79 bits per heavy atom. The van der Waals surface area contributed by atoms with Crippen LogP contribution in [0.3, 0.4) is 0 Å². The predicted octanol–water partition coefficient (Wildman–Crippen LogP) is 3.32. The van der Waals surface area contributed by atoms with Crippen molar-refractivity contribution in [3.05, 3.63) is 47.5 Å². The first-order valence-electron chi connectivity index (χ1n) is 6.98. The molecule has 0 heterocycles. The Balaban J connectivity index is 2.07. The molecule has 2 aromatic carbocycles. The zero-order valence-electron chi connectivity index (χ0n) is 12.2. The molecule has 0 aromatic heterocycles. The second kappa shape index (κ2) is 6.18. The summed E-state index contributed by atoms with van der Waals surface area (Å²) < 4.78 is 0. The lowest BCUT2D eigenvalue weighted by molar-refractivity contribution is 0.313. The van der Waals surface area contributed by atoms with E-state index in [4.69, 9.17) is 5.73 Å². The van der Waals surface area contributed by atoms with Crippen LogP contribution in [0.4, 0.5) is 0 Å². The molecule has 102 valence electrons. The lowest BCUT2D eigenvalue weighted by Gasteiger charge is -2.18. The molecule has 0 aliphatic rings. The maximum Gasteiger partial charge on any atom is 0.0230 e. The van der Waals surface area contributed by atoms with Gasteiger partial charge in [0.25, 0.3) is 0 Å². The van der Waals surface area contributed by atoms with E-state index in [9.17, 15) is 0 Å². The standard InChI is InChI=1S/C17H24N2/c1-13-4-6-17-11-15(5-7-16(17)10-13)12-19(3)9-8-14(2)18/h4-7,10-11,14H,8-9,12,18H2,1-3H3. The molecule has 2 rings (SSSR count). The fourth-order valence-electron chi connectivity index (χ4n) is 2.33. The van der Waals surface area contributed by atoms with Crippen LogP contribution in [0.2, 0.25) is 0 Å². The summed E-state index contributed by atoms with van der Waals surface area (Å²) in [5.74, 6) is 0. The van der Waals surface area contributed by atoms with Crippen molar-refractivity contribution in [3.8, 4) is 0 Å². The molecule has 0 saturated carbocycles. The molecule has 2 heteroatoms. The van der Waals surface area contributed by atoms with Gasteiger partial charge < -0.3 is 10.6 Å². The van der Waals surface area contributed by atoms with Crippen LogP contribution in [0.25, 0.3) is 10.8 Å². The minimum absolute atomic E-state index is 0.280. The van der Waals surface area contributed by atoms with Gasteiger partial charge in [0, 0.05) is 12.6 Å². The van der Waals surface area contributed by atoms with Crippen LogP contribution >= 0.6 is 0 Å². The molecule has 1 atom stereocenters. The summed E-state index contributed by atoms with van der Waals surface area (Å²) >= 11 is 0. The summed E-state index contributed by atoms with van der Waals surface area (Å²) in [5, 5.41) is 2.64. The highest BCUT2D eigenvalue weighted by Crippen LogP contribution is 2.18. The molecule has 0 saturated heterocycles. The van der Waals surface area contributed by atoms with E-state index in [1.807, 2.05) is 0 Å². The van der Waals surface area contributed by atoms with Crippen molar-refractivity contribution in [2.75, 3.05) is 13.6 Å². The Bertz CT molecular complexity index is 546. The number of nitrogens with two attached hydrogens (primary N) is 1. The number of benzene rings is 2. The van der Waals surface area contributed by atoms with Gasteiger partial charge in [0.05, 0.1) is 0 Å². The van der Waals surface area contributed by atoms with Crippen LogP contribution < -0.4 is 5.73 Å². The second-order valence-corrected chi connectivity index (χ2v) is 5.69. The van der Waals surface area contributed by atoms with Gasteiger partial charge in [0.15, 0.2) is 0 Å². The van der Waals surface area contributed by atoms with Gasteiger partial charge in [-0.25, -0.2) is 0 Å². The van der Waals surface area contributed by atoms with Crippen LogP contribution in [0.1, 0.15) is 24.5 Å². The molecule has 0 radical (unpaired) electrons. The van der Waals surface area contributed by atoms with Gasteiger partial charge in [0.2, 0.25) is 0 Å². The third-order valence-electron chi connectivity index (χ3n) is 3.48. The van der Waals surface area contributed by atoms with Crippen molar-refractivity contribution in [3.63, 3.8) is 0 Å². The molecule has 0 fully saturated rings. The van der Waals surface area contributed by atoms with Crippen LogP contribution in [0.5, 0.6) is 0 Å². The van der Waals surface area contributed by atoms with E-state index in [1.165, 1.54) is 21.9 Å². The Kier molecular flexibility index (Phi) is 4.56. The molecule has 2 aromatic rings. The molecule has 2 N–H and O–H groups in total. The average Bonchev–Trinajstić information content (AvgIpc) is 2.36. The Morgan fingerprint density at radius 3 is 2.53 bits per heavy atom. The molecule has 0 amide bonds. The third-order valence-corrected chi connectivity index (χ3v) is 3.48. The Hall–Kier alpha value is -1.38. The summed E-state index contributed by atoms with van der Waals surface area (Å²) in [6, 6.07) is 13.6. The molecule has 1 unspecified atom stereocenters. The van der Waals surface area contributed by atoms with E-state index in [-0.39, 0.29) is 6.04 Å². The number of hydrogen-bond acceptors (Lipinski definition) is 2. The summed E-state index contributed by atoms with van der Waals surface area (Å²) in [6.45, 7) is 6.22. The van der Waals surface area contributed by atoms with Gasteiger partial charge in [-0.05, 0) is 56.3 Å². The van der Waals surface area contributed by atoms with Crippen LogP contribution in [0.15, 0.2) is 36.4 Å². The first-order chi connectivity index (χ1) is 9.04. The number of fused-ring (bicyclic) bond motifs is 1. The van der Waals surface area contributed by atoms with Crippen molar-refractivity contribution < 1.29 is 0 Å². The van der Waals surface area contributed by atoms with E-state index < -0.39 is 0 Å². The Labute approximate surface area is 116 Å². The average molecular weight is 256 g/mol. The number of nitrogens with zero attached hydrogens (tertiary/aromatic N) is 1. The van der Waals surface area contributed by atoms with Crippen molar-refractivity contribution in [1.29, 1.82) is 0 Å². The lowest BCUT2D eigenvalue weighted by atomic mass is 10.0. The fraction of sp³-hybridized carbons (Fsp3) is 0.412. The van der Waals surface area contributed by atoms with Crippen molar-refractivity contribution in [1.82, 2.24) is 4.90 Å². The number of rotatable bonds is 5. The monoisotopic (exact) mass is 256 g/mol. The summed E-state index contributed by atoms with van der Waals surface area (Å²) in [4.78, 5) is 2.33. The SMILES string of the molecule is Cc1ccc2cc(CN(C)CCC(C)N)ccc2c1. The smallest absolute Gasteiger partial charge is 0.0230 e. The van der Waals surface area contributed by atoms with Gasteiger partial charge >= 0.3 is 0 Å². The molecule has 0 bridgehead atoms. The van der Waals surface area contributed by atoms with Gasteiger partial charge in [0.1, 0.15) is 0 Å². The zero-order valence-corrected chi connectivity index (χ0v) is 12.2. The van der Waals surface area contributed by atoms with Crippen LogP contribution in [-0.4, -0.2) is 24.5 Å². The summed E-state index contributed by atoms with van der Waals surface area (Å²) in [5.41, 5.74) is 8.47. The van der Waals surface area contributed by atoms with Crippen molar-refractivity contribution in [2.45, 2.75) is 32.9 Å². The quantitative estimate of drug-likeness (QED) is 0.889. The third kappa shape index (κ3) is 4.05. The van der Waals surface area contributed by atoms with E-state index in [0.717, 1.165) is 19.5 Å². The first-order valence-corrected chi connectivity index (χ1v) is 6.98. The highest BCUT2D eigenvalue weighted by atomic mass is 15.1. The zero-order chi connectivity index (χ0) is 13.8. The van der Waals surface area contributed by atoms with E-state index in [0.29, 0.717) is 0 Å². The molecule has 0 aliphatic carbocycles. The normalized spacial score (nSPS) is 13.1. The van der Waals surface area contributed by atoms with Gasteiger partial charge in [-0.3, -0.25) is 0 Å². The maximum atomic E-state index is 5.80. The first kappa shape index (κ1) is 14.0. The molecular formula is C17H24N2. The van der Waals surface area contributed by atoms with E-state index in [2.05, 4.69) is 62.2 Å². The highest BCUT2D eigenvalue weighted by Gasteiger charge is 2.03. The lowest BCUT2D eigenvalue weighted by Crippen LogP contribution is -2.25. The molecule has 0 spiro atoms. The second-order valence-electron chi connectivity index (χ2n) is 5.69. The molecule has 0 aliphatic heterocycles. The van der Waals surface area contributed by atoms with Gasteiger partial charge in [-0.15, -0.1) is 0 Å². The molecular weight excluding hydrogens is 232 g/mol. The fourth-order valence-corrected chi connectivity index (χ4v) is 2.33. The molecule has 2 nitrogen and oxygen atoms in total. The van der Waals surface area contributed by atoms with Gasteiger partial charge in [-0.1, -0.05) is 35.9 Å². The maximum absolute atomic E-state index is 5.80. The van der Waals surface area contributed by atoms with Crippen molar-refractivity contribution >= 4 is 10.8 Å². The minimum Gasteiger partial charge on any atom is -0.328 e. The van der Waals surface area contributed by atoms with Crippen LogP contribution in [0, 0.1) is 6.92 Å². The number of hydrogen-bond donors (Lipinski definition) is 1. The highest BCUT2D eigenvalue weighted by molar-refractivity contribution is 5.83. The van der Waals surface area contributed by atoms with E-state index >= 15 is 0 Å². The Morgan fingerprint density at radius 1 is 1.11 bits per heavy atom. The van der Waals surface area contributed by atoms with Crippen molar-refractivity contribution in [2.24, 2.45) is 5.73 Å². The largest absolute Gasteiger partial charge is 0.328 e. The van der Waals surface area contributed by atoms with Crippen LogP contribution in [-0.2, 0) is 6.54 Å². The summed E-state index contributed by atoms with van der Waals surface area (Å²) in [7, 11) is 2.15. The predicted molar refractivity (Wildman–Crippen MR) is 83.3 cm³/mol. The summed E-state index contributed by atoms with van der Waals surface area (Å²) in [6.07, 6.45) is 1.04.